The van der Waals surface area contributed by atoms with Gasteiger partial charge >= 0.3 is 0 Å². The second-order valence-electron chi connectivity index (χ2n) is 4.93. The molecule has 0 heterocycles. The summed E-state index contributed by atoms with van der Waals surface area (Å²) in [7, 11) is 0. The molecular formula is C15H23Cl2N. The van der Waals surface area contributed by atoms with E-state index in [1.165, 1.54) is 18.4 Å². The summed E-state index contributed by atoms with van der Waals surface area (Å²) in [5.41, 5.74) is 1.18. The van der Waals surface area contributed by atoms with Crippen LogP contribution in [0, 0.1) is 5.92 Å². The predicted octanol–water partition coefficient (Wildman–Crippen LogP) is 5.47. The van der Waals surface area contributed by atoms with Crippen LogP contribution in [-0.4, -0.2) is 6.04 Å². The first-order chi connectivity index (χ1) is 8.49. The highest BCUT2D eigenvalue weighted by Gasteiger charge is 2.16. The van der Waals surface area contributed by atoms with Crippen LogP contribution < -0.4 is 5.32 Å². The SMILES string of the molecule is CCC(CC)C(C)NC(C)c1ccc(Cl)c(Cl)c1. The quantitative estimate of drug-likeness (QED) is 0.732. The zero-order chi connectivity index (χ0) is 13.7. The molecule has 0 aliphatic carbocycles. The fraction of sp³-hybridized carbons (Fsp3) is 0.600. The van der Waals surface area contributed by atoms with Crippen molar-refractivity contribution in [2.45, 2.75) is 52.6 Å². The molecule has 0 aliphatic heterocycles. The van der Waals surface area contributed by atoms with Gasteiger partial charge in [-0.25, -0.2) is 0 Å². The highest BCUT2D eigenvalue weighted by molar-refractivity contribution is 6.42. The second kappa shape index (κ2) is 7.37. The van der Waals surface area contributed by atoms with E-state index in [1.807, 2.05) is 18.2 Å². The third-order valence-corrected chi connectivity index (χ3v) is 4.45. The van der Waals surface area contributed by atoms with E-state index in [0.29, 0.717) is 16.1 Å². The van der Waals surface area contributed by atoms with Crippen LogP contribution in [0.25, 0.3) is 0 Å². The van der Waals surface area contributed by atoms with Gasteiger partial charge in [0.2, 0.25) is 0 Å². The van der Waals surface area contributed by atoms with Gasteiger partial charge in [-0.2, -0.15) is 0 Å². The number of nitrogens with one attached hydrogen (secondary N) is 1. The van der Waals surface area contributed by atoms with Crippen molar-refractivity contribution in [3.05, 3.63) is 33.8 Å². The lowest BCUT2D eigenvalue weighted by atomic mass is 9.94. The number of hydrogen-bond acceptors (Lipinski definition) is 1. The monoisotopic (exact) mass is 287 g/mol. The number of benzene rings is 1. The van der Waals surface area contributed by atoms with Gasteiger partial charge in [0.15, 0.2) is 0 Å². The summed E-state index contributed by atoms with van der Waals surface area (Å²) >= 11 is 12.0. The van der Waals surface area contributed by atoms with Crippen LogP contribution in [-0.2, 0) is 0 Å². The van der Waals surface area contributed by atoms with Gasteiger partial charge in [0.25, 0.3) is 0 Å². The van der Waals surface area contributed by atoms with Crippen LogP contribution in [0.3, 0.4) is 0 Å². The van der Waals surface area contributed by atoms with Crippen LogP contribution in [0.2, 0.25) is 10.0 Å². The Bertz CT molecular complexity index is 375. The average Bonchev–Trinajstić information content (AvgIpc) is 2.34. The molecule has 0 aromatic heterocycles. The summed E-state index contributed by atoms with van der Waals surface area (Å²) in [5, 5.41) is 4.88. The molecule has 1 aromatic rings. The Balaban J connectivity index is 2.69. The Labute approximate surface area is 121 Å². The topological polar surface area (TPSA) is 12.0 Å². The van der Waals surface area contributed by atoms with Crippen LogP contribution in [0.15, 0.2) is 18.2 Å². The van der Waals surface area contributed by atoms with E-state index in [9.17, 15) is 0 Å². The molecule has 0 saturated carbocycles. The van der Waals surface area contributed by atoms with Crippen molar-refractivity contribution in [1.82, 2.24) is 5.32 Å². The molecule has 0 amide bonds. The van der Waals surface area contributed by atoms with E-state index < -0.39 is 0 Å². The van der Waals surface area contributed by atoms with Crippen molar-refractivity contribution in [3.63, 3.8) is 0 Å². The molecule has 0 spiro atoms. The van der Waals surface area contributed by atoms with Gasteiger partial charge in [-0.15, -0.1) is 0 Å². The maximum Gasteiger partial charge on any atom is 0.0595 e. The summed E-state index contributed by atoms with van der Waals surface area (Å²) < 4.78 is 0. The molecule has 2 unspecified atom stereocenters. The number of rotatable bonds is 6. The molecule has 18 heavy (non-hydrogen) atoms. The lowest BCUT2D eigenvalue weighted by Gasteiger charge is -2.26. The van der Waals surface area contributed by atoms with E-state index in [0.717, 1.165) is 5.92 Å². The Kier molecular flexibility index (Phi) is 6.48. The molecule has 1 N–H and O–H groups in total. The van der Waals surface area contributed by atoms with Gasteiger partial charge in [0, 0.05) is 12.1 Å². The predicted molar refractivity (Wildman–Crippen MR) is 81.5 cm³/mol. The maximum absolute atomic E-state index is 6.05. The minimum atomic E-state index is 0.287. The summed E-state index contributed by atoms with van der Waals surface area (Å²) in [6.07, 6.45) is 2.41. The Morgan fingerprint density at radius 3 is 2.17 bits per heavy atom. The second-order valence-corrected chi connectivity index (χ2v) is 5.74. The lowest BCUT2D eigenvalue weighted by molar-refractivity contribution is 0.330. The summed E-state index contributed by atoms with van der Waals surface area (Å²) in [5.74, 6) is 0.718. The van der Waals surface area contributed by atoms with Gasteiger partial charge in [0.05, 0.1) is 10.0 Å². The Morgan fingerprint density at radius 1 is 1.06 bits per heavy atom. The van der Waals surface area contributed by atoms with E-state index in [4.69, 9.17) is 23.2 Å². The molecule has 0 aliphatic rings. The van der Waals surface area contributed by atoms with Gasteiger partial charge in [-0.05, 0) is 37.5 Å². The Morgan fingerprint density at radius 2 is 1.67 bits per heavy atom. The summed E-state index contributed by atoms with van der Waals surface area (Å²) in [6, 6.07) is 6.63. The molecule has 0 fully saturated rings. The van der Waals surface area contributed by atoms with E-state index in [-0.39, 0.29) is 6.04 Å². The largest absolute Gasteiger partial charge is 0.307 e. The molecule has 1 nitrogen and oxygen atoms in total. The molecule has 2 atom stereocenters. The van der Waals surface area contributed by atoms with Crippen molar-refractivity contribution in [3.8, 4) is 0 Å². The standard InChI is InChI=1S/C15H23Cl2N/c1-5-12(6-2)10(3)18-11(4)13-7-8-14(16)15(17)9-13/h7-12,18H,5-6H2,1-4H3. The van der Waals surface area contributed by atoms with Crippen molar-refractivity contribution < 1.29 is 0 Å². The fourth-order valence-electron chi connectivity index (χ4n) is 2.40. The summed E-state index contributed by atoms with van der Waals surface area (Å²) in [6.45, 7) is 8.91. The molecule has 102 valence electrons. The van der Waals surface area contributed by atoms with E-state index in [2.05, 4.69) is 33.0 Å². The molecule has 3 heteroatoms. The zero-order valence-corrected chi connectivity index (χ0v) is 13.1. The highest BCUT2D eigenvalue weighted by Crippen LogP contribution is 2.26. The smallest absolute Gasteiger partial charge is 0.0595 e. The third kappa shape index (κ3) is 4.15. The molecule has 0 bridgehead atoms. The normalized spacial score (nSPS) is 14.8. The van der Waals surface area contributed by atoms with Crippen LogP contribution in [0.5, 0.6) is 0 Å². The minimum absolute atomic E-state index is 0.287. The molecular weight excluding hydrogens is 265 g/mol. The third-order valence-electron chi connectivity index (χ3n) is 3.71. The van der Waals surface area contributed by atoms with Gasteiger partial charge in [-0.3, -0.25) is 0 Å². The summed E-state index contributed by atoms with van der Waals surface area (Å²) in [4.78, 5) is 0. The minimum Gasteiger partial charge on any atom is -0.307 e. The van der Waals surface area contributed by atoms with Crippen molar-refractivity contribution in [2.24, 2.45) is 5.92 Å². The lowest BCUT2D eigenvalue weighted by Crippen LogP contribution is -2.34. The molecule has 1 aromatic carbocycles. The van der Waals surface area contributed by atoms with Gasteiger partial charge in [-0.1, -0.05) is 56.0 Å². The van der Waals surface area contributed by atoms with Crippen LogP contribution >= 0.6 is 23.2 Å². The van der Waals surface area contributed by atoms with Crippen molar-refractivity contribution >= 4 is 23.2 Å². The maximum atomic E-state index is 6.05. The van der Waals surface area contributed by atoms with Crippen LogP contribution in [0.4, 0.5) is 0 Å². The van der Waals surface area contributed by atoms with Crippen LogP contribution in [0.1, 0.15) is 52.1 Å². The first-order valence-corrected chi connectivity index (χ1v) is 7.46. The number of hydrogen-bond donors (Lipinski definition) is 1. The van der Waals surface area contributed by atoms with Gasteiger partial charge in [0.1, 0.15) is 0 Å². The first-order valence-electron chi connectivity index (χ1n) is 6.70. The highest BCUT2D eigenvalue weighted by atomic mass is 35.5. The molecule has 1 rings (SSSR count). The van der Waals surface area contributed by atoms with Crippen molar-refractivity contribution in [2.75, 3.05) is 0 Å². The van der Waals surface area contributed by atoms with E-state index in [1.54, 1.807) is 0 Å². The van der Waals surface area contributed by atoms with E-state index >= 15 is 0 Å². The molecule has 0 saturated heterocycles. The average molecular weight is 288 g/mol. The Hall–Kier alpha value is -0.240. The first kappa shape index (κ1) is 15.8. The van der Waals surface area contributed by atoms with Gasteiger partial charge < -0.3 is 5.32 Å². The van der Waals surface area contributed by atoms with Crippen molar-refractivity contribution in [1.29, 1.82) is 0 Å². The zero-order valence-electron chi connectivity index (χ0n) is 11.6. The molecule has 0 radical (unpaired) electrons. The number of halogens is 2. The fourth-order valence-corrected chi connectivity index (χ4v) is 2.71.